The first-order valence-corrected chi connectivity index (χ1v) is 7.36. The van der Waals surface area contributed by atoms with E-state index in [1.165, 1.54) is 19.3 Å². The molecule has 2 rings (SSSR count). The van der Waals surface area contributed by atoms with E-state index < -0.39 is 5.60 Å². The summed E-state index contributed by atoms with van der Waals surface area (Å²) < 4.78 is 0. The van der Waals surface area contributed by atoms with Gasteiger partial charge in [0.2, 0.25) is 0 Å². The molecule has 3 N–H and O–H groups in total. The van der Waals surface area contributed by atoms with E-state index >= 15 is 0 Å². The minimum absolute atomic E-state index is 0.477. The van der Waals surface area contributed by atoms with Crippen LogP contribution in [0, 0.1) is 5.92 Å². The minimum atomic E-state index is -0.591. The van der Waals surface area contributed by atoms with E-state index in [1.54, 1.807) is 0 Å². The number of guanidine groups is 1. The van der Waals surface area contributed by atoms with Crippen molar-refractivity contribution >= 4 is 5.96 Å². The molecule has 104 valence electrons. The zero-order valence-corrected chi connectivity index (χ0v) is 11.6. The van der Waals surface area contributed by atoms with Crippen LogP contribution < -0.4 is 5.73 Å². The molecule has 0 aromatic rings. The number of nitrogens with zero attached hydrogens (tertiary/aromatic N) is 2. The lowest BCUT2D eigenvalue weighted by molar-refractivity contribution is 0.0130. The topological polar surface area (TPSA) is 61.8 Å². The van der Waals surface area contributed by atoms with Gasteiger partial charge in [0, 0.05) is 13.1 Å². The normalized spacial score (nSPS) is 26.3. The maximum atomic E-state index is 10.4. The molecule has 0 amide bonds. The van der Waals surface area contributed by atoms with E-state index in [9.17, 15) is 5.11 Å². The quantitative estimate of drug-likeness (QED) is 0.582. The van der Waals surface area contributed by atoms with E-state index in [-0.39, 0.29) is 0 Å². The molecule has 1 heterocycles. The Morgan fingerprint density at radius 1 is 1.28 bits per heavy atom. The van der Waals surface area contributed by atoms with Crippen LogP contribution >= 0.6 is 0 Å². The van der Waals surface area contributed by atoms with E-state index in [2.05, 4.69) is 16.8 Å². The molecule has 0 aromatic carbocycles. The number of aliphatic imine (C=N–C) groups is 1. The highest BCUT2D eigenvalue weighted by atomic mass is 16.3. The molecule has 0 radical (unpaired) electrons. The molecule has 1 aliphatic carbocycles. The van der Waals surface area contributed by atoms with E-state index in [4.69, 9.17) is 5.73 Å². The summed E-state index contributed by atoms with van der Waals surface area (Å²) in [5.41, 5.74) is 5.44. The van der Waals surface area contributed by atoms with Crippen LogP contribution in [-0.2, 0) is 0 Å². The SMILES string of the molecule is CC1CCN(C(N)=NCC2(O)CCCCC2)CC1. The van der Waals surface area contributed by atoms with Crippen molar-refractivity contribution < 1.29 is 5.11 Å². The predicted octanol–water partition coefficient (Wildman–Crippen LogP) is 1.73. The first kappa shape index (κ1) is 13.7. The molecule has 0 aromatic heterocycles. The predicted molar refractivity (Wildman–Crippen MR) is 74.5 cm³/mol. The van der Waals surface area contributed by atoms with Crippen LogP contribution in [0.2, 0.25) is 0 Å². The van der Waals surface area contributed by atoms with Gasteiger partial charge < -0.3 is 15.7 Å². The Morgan fingerprint density at radius 3 is 2.50 bits per heavy atom. The van der Waals surface area contributed by atoms with Gasteiger partial charge in [-0.1, -0.05) is 26.2 Å². The van der Waals surface area contributed by atoms with Crippen molar-refractivity contribution in [3.8, 4) is 0 Å². The zero-order chi connectivity index (χ0) is 13.0. The van der Waals surface area contributed by atoms with Gasteiger partial charge in [-0.3, -0.25) is 4.99 Å². The summed E-state index contributed by atoms with van der Waals surface area (Å²) in [6, 6.07) is 0. The van der Waals surface area contributed by atoms with Crippen molar-refractivity contribution in [3.05, 3.63) is 0 Å². The fraction of sp³-hybridized carbons (Fsp3) is 0.929. The summed E-state index contributed by atoms with van der Waals surface area (Å²) in [6.45, 7) is 4.78. The van der Waals surface area contributed by atoms with Crippen LogP contribution in [0.3, 0.4) is 0 Å². The van der Waals surface area contributed by atoms with Crippen molar-refractivity contribution in [2.45, 2.75) is 57.5 Å². The maximum absolute atomic E-state index is 10.4. The fourth-order valence-corrected chi connectivity index (χ4v) is 2.93. The van der Waals surface area contributed by atoms with Crippen molar-refractivity contribution in [3.63, 3.8) is 0 Å². The lowest BCUT2D eigenvalue weighted by Gasteiger charge is -2.33. The summed E-state index contributed by atoms with van der Waals surface area (Å²) >= 11 is 0. The van der Waals surface area contributed by atoms with Gasteiger partial charge in [-0.2, -0.15) is 0 Å². The molecule has 0 spiro atoms. The van der Waals surface area contributed by atoms with Gasteiger partial charge in [0.1, 0.15) is 0 Å². The molecule has 0 bridgehead atoms. The van der Waals surface area contributed by atoms with Crippen LogP contribution in [0.4, 0.5) is 0 Å². The van der Waals surface area contributed by atoms with Crippen LogP contribution in [-0.4, -0.2) is 41.2 Å². The lowest BCUT2D eigenvalue weighted by Crippen LogP contribution is -2.44. The molecule has 1 saturated carbocycles. The minimum Gasteiger partial charge on any atom is -0.388 e. The van der Waals surface area contributed by atoms with Gasteiger partial charge in [-0.05, 0) is 31.6 Å². The lowest BCUT2D eigenvalue weighted by atomic mass is 9.85. The second-order valence-corrected chi connectivity index (χ2v) is 6.13. The van der Waals surface area contributed by atoms with Gasteiger partial charge in [0.25, 0.3) is 0 Å². The highest BCUT2D eigenvalue weighted by molar-refractivity contribution is 5.78. The first-order chi connectivity index (χ1) is 8.59. The Kier molecular flexibility index (Phi) is 4.49. The molecule has 4 heteroatoms. The van der Waals surface area contributed by atoms with Crippen LogP contribution in [0.5, 0.6) is 0 Å². The summed E-state index contributed by atoms with van der Waals surface area (Å²) in [5, 5.41) is 10.4. The van der Waals surface area contributed by atoms with Gasteiger partial charge in [0.05, 0.1) is 12.1 Å². The van der Waals surface area contributed by atoms with Crippen molar-refractivity contribution in [1.82, 2.24) is 4.90 Å². The average Bonchev–Trinajstić information content (AvgIpc) is 2.38. The maximum Gasteiger partial charge on any atom is 0.191 e. The largest absolute Gasteiger partial charge is 0.388 e. The smallest absolute Gasteiger partial charge is 0.191 e. The summed E-state index contributed by atoms with van der Waals surface area (Å²) in [4.78, 5) is 6.60. The molecule has 2 fully saturated rings. The van der Waals surface area contributed by atoms with E-state index in [0.29, 0.717) is 12.5 Å². The Hall–Kier alpha value is -0.770. The molecule has 2 aliphatic rings. The highest BCUT2D eigenvalue weighted by Crippen LogP contribution is 2.28. The third-order valence-electron chi connectivity index (χ3n) is 4.43. The Morgan fingerprint density at radius 2 is 1.89 bits per heavy atom. The molecule has 0 unspecified atom stereocenters. The van der Waals surface area contributed by atoms with Crippen molar-refractivity contribution in [2.24, 2.45) is 16.6 Å². The third kappa shape index (κ3) is 3.61. The number of likely N-dealkylation sites (tertiary alicyclic amines) is 1. The molecule has 18 heavy (non-hydrogen) atoms. The van der Waals surface area contributed by atoms with Crippen molar-refractivity contribution in [1.29, 1.82) is 0 Å². The van der Waals surface area contributed by atoms with Gasteiger partial charge >= 0.3 is 0 Å². The Balaban J connectivity index is 1.84. The van der Waals surface area contributed by atoms with Gasteiger partial charge in [0.15, 0.2) is 5.96 Å². The molecule has 0 atom stereocenters. The highest BCUT2D eigenvalue weighted by Gasteiger charge is 2.29. The van der Waals surface area contributed by atoms with Crippen LogP contribution in [0.1, 0.15) is 51.9 Å². The number of nitrogens with two attached hydrogens (primary N) is 1. The monoisotopic (exact) mass is 253 g/mol. The third-order valence-corrected chi connectivity index (χ3v) is 4.43. The molecule has 4 nitrogen and oxygen atoms in total. The molecular weight excluding hydrogens is 226 g/mol. The van der Waals surface area contributed by atoms with Crippen LogP contribution in [0.15, 0.2) is 4.99 Å². The molecular formula is C14H27N3O. The van der Waals surface area contributed by atoms with Crippen molar-refractivity contribution in [2.75, 3.05) is 19.6 Å². The van der Waals surface area contributed by atoms with Gasteiger partial charge in [-0.15, -0.1) is 0 Å². The van der Waals surface area contributed by atoms with E-state index in [1.807, 2.05) is 0 Å². The van der Waals surface area contributed by atoms with Gasteiger partial charge in [-0.25, -0.2) is 0 Å². The number of aliphatic hydroxyl groups is 1. The average molecular weight is 253 g/mol. The summed E-state index contributed by atoms with van der Waals surface area (Å²) in [6.07, 6.45) is 7.62. The zero-order valence-electron chi connectivity index (χ0n) is 11.6. The summed E-state index contributed by atoms with van der Waals surface area (Å²) in [7, 11) is 0. The van der Waals surface area contributed by atoms with E-state index in [0.717, 1.165) is 44.7 Å². The standard InChI is InChI=1S/C14H27N3O/c1-12-5-9-17(10-6-12)13(15)16-11-14(18)7-3-2-4-8-14/h12,18H,2-11H2,1H3,(H2,15,16). The fourth-order valence-electron chi connectivity index (χ4n) is 2.93. The molecule has 1 saturated heterocycles. The number of piperidine rings is 1. The second-order valence-electron chi connectivity index (χ2n) is 6.13. The summed E-state index contributed by atoms with van der Waals surface area (Å²) in [5.74, 6) is 1.43. The first-order valence-electron chi connectivity index (χ1n) is 7.36. The molecule has 1 aliphatic heterocycles. The van der Waals surface area contributed by atoms with Crippen LogP contribution in [0.25, 0.3) is 0 Å². The number of hydrogen-bond acceptors (Lipinski definition) is 2. The number of rotatable bonds is 2. The Labute approximate surface area is 110 Å². The second kappa shape index (κ2) is 5.91. The Bertz CT molecular complexity index is 289. The number of hydrogen-bond donors (Lipinski definition) is 2.